The van der Waals surface area contributed by atoms with Crippen molar-refractivity contribution in [1.82, 2.24) is 24.2 Å². The zero-order valence-electron chi connectivity index (χ0n) is 19.6. The van der Waals surface area contributed by atoms with Crippen LogP contribution in [0.1, 0.15) is 24.3 Å². The molecule has 1 N–H and O–H groups in total. The van der Waals surface area contributed by atoms with Crippen LogP contribution in [0.2, 0.25) is 0 Å². The standard InChI is InChI=1S/C25H28N6O3/c1-16-4-6-17(7-5-16)23-27-22(34-28-23)15-31-12-10-18(11-13-31)24(32)26-19-8-9-20-21(14-19)30(3)25(33)29(20)2/h4-9,14,18H,10-13,15H2,1-3H3,(H,26,32). The van der Waals surface area contributed by atoms with Crippen LogP contribution in [-0.4, -0.2) is 43.2 Å². The molecule has 4 aromatic rings. The van der Waals surface area contributed by atoms with Crippen LogP contribution in [0, 0.1) is 12.8 Å². The molecule has 1 aliphatic rings. The predicted octanol–water partition coefficient (Wildman–Crippen LogP) is 3.09. The van der Waals surface area contributed by atoms with Gasteiger partial charge in [-0.3, -0.25) is 18.8 Å². The number of hydrogen-bond donors (Lipinski definition) is 1. The lowest BCUT2D eigenvalue weighted by Crippen LogP contribution is -2.37. The van der Waals surface area contributed by atoms with Crippen LogP contribution in [0.3, 0.4) is 0 Å². The number of rotatable bonds is 5. The Labute approximate surface area is 197 Å². The second-order valence-corrected chi connectivity index (χ2v) is 9.02. The highest BCUT2D eigenvalue weighted by Crippen LogP contribution is 2.23. The third kappa shape index (κ3) is 4.26. The number of nitrogens with zero attached hydrogens (tertiary/aromatic N) is 5. The molecule has 1 saturated heterocycles. The van der Waals surface area contributed by atoms with Gasteiger partial charge in [-0.05, 0) is 51.1 Å². The van der Waals surface area contributed by atoms with Gasteiger partial charge in [0.2, 0.25) is 17.6 Å². The number of nitrogens with one attached hydrogen (secondary N) is 1. The lowest BCUT2D eigenvalue weighted by atomic mass is 9.96. The first kappa shape index (κ1) is 22.1. The molecular formula is C25H28N6O3. The van der Waals surface area contributed by atoms with E-state index in [1.807, 2.05) is 49.4 Å². The number of imidazole rings is 1. The molecule has 0 saturated carbocycles. The zero-order chi connectivity index (χ0) is 23.8. The smallest absolute Gasteiger partial charge is 0.328 e. The number of benzene rings is 2. The molecule has 5 rings (SSSR count). The average Bonchev–Trinajstić information content (AvgIpc) is 3.39. The number of hydrogen-bond acceptors (Lipinski definition) is 6. The van der Waals surface area contributed by atoms with E-state index < -0.39 is 0 Å². The largest absolute Gasteiger partial charge is 0.338 e. The molecule has 0 unspecified atom stereocenters. The highest BCUT2D eigenvalue weighted by atomic mass is 16.5. The maximum atomic E-state index is 12.9. The minimum atomic E-state index is -0.0851. The Morgan fingerprint density at radius 1 is 1.06 bits per heavy atom. The molecule has 176 valence electrons. The summed E-state index contributed by atoms with van der Waals surface area (Å²) in [5.74, 6) is 1.13. The van der Waals surface area contributed by atoms with Gasteiger partial charge in [-0.1, -0.05) is 35.0 Å². The molecule has 0 bridgehead atoms. The van der Waals surface area contributed by atoms with Gasteiger partial charge in [0, 0.05) is 31.3 Å². The Balaban J connectivity index is 1.17. The first-order valence-corrected chi connectivity index (χ1v) is 11.5. The van der Waals surface area contributed by atoms with Crippen LogP contribution in [-0.2, 0) is 25.4 Å². The molecule has 0 aliphatic carbocycles. The van der Waals surface area contributed by atoms with Crippen LogP contribution in [0.15, 0.2) is 51.8 Å². The molecule has 0 radical (unpaired) electrons. The summed E-state index contributed by atoms with van der Waals surface area (Å²) in [6.45, 7) is 4.19. The lowest BCUT2D eigenvalue weighted by Gasteiger charge is -2.30. The fourth-order valence-corrected chi connectivity index (χ4v) is 4.51. The number of likely N-dealkylation sites (tertiary alicyclic amines) is 1. The van der Waals surface area contributed by atoms with Crippen molar-refractivity contribution in [3.05, 3.63) is 64.4 Å². The van der Waals surface area contributed by atoms with Gasteiger partial charge < -0.3 is 9.84 Å². The predicted molar refractivity (Wildman–Crippen MR) is 129 cm³/mol. The van der Waals surface area contributed by atoms with Gasteiger partial charge in [0.1, 0.15) is 0 Å². The number of aryl methyl sites for hydroxylation is 3. The summed E-state index contributed by atoms with van der Waals surface area (Å²) in [6, 6.07) is 13.6. The number of carbonyl (C=O) groups is 1. The molecule has 1 fully saturated rings. The Morgan fingerprint density at radius 3 is 2.50 bits per heavy atom. The van der Waals surface area contributed by atoms with Gasteiger partial charge >= 0.3 is 5.69 Å². The summed E-state index contributed by atoms with van der Waals surface area (Å²) in [4.78, 5) is 31.8. The monoisotopic (exact) mass is 460 g/mol. The summed E-state index contributed by atoms with van der Waals surface area (Å²) in [7, 11) is 3.48. The van der Waals surface area contributed by atoms with Gasteiger partial charge in [0.25, 0.3) is 0 Å². The molecule has 9 nitrogen and oxygen atoms in total. The molecule has 0 atom stereocenters. The van der Waals surface area contributed by atoms with Gasteiger partial charge in [0.05, 0.1) is 17.6 Å². The summed E-state index contributed by atoms with van der Waals surface area (Å²) in [5, 5.41) is 7.13. The summed E-state index contributed by atoms with van der Waals surface area (Å²) in [5.41, 5.74) is 4.37. The summed E-state index contributed by atoms with van der Waals surface area (Å²) >= 11 is 0. The number of amides is 1. The van der Waals surface area contributed by atoms with Gasteiger partial charge in [-0.2, -0.15) is 4.98 Å². The Morgan fingerprint density at radius 2 is 1.76 bits per heavy atom. The molecule has 34 heavy (non-hydrogen) atoms. The Bertz CT molecular complexity index is 1390. The minimum Gasteiger partial charge on any atom is -0.338 e. The van der Waals surface area contributed by atoms with Crippen LogP contribution in [0.5, 0.6) is 0 Å². The van der Waals surface area contributed by atoms with E-state index in [2.05, 4.69) is 20.4 Å². The molecular weight excluding hydrogens is 432 g/mol. The zero-order valence-corrected chi connectivity index (χ0v) is 19.6. The van der Waals surface area contributed by atoms with Crippen molar-refractivity contribution >= 4 is 22.6 Å². The SMILES string of the molecule is Cc1ccc(-c2noc(CN3CCC(C(=O)Nc4ccc5c(c4)n(C)c(=O)n5C)CC3)n2)cc1. The van der Waals surface area contributed by atoms with Crippen LogP contribution in [0.25, 0.3) is 22.4 Å². The maximum Gasteiger partial charge on any atom is 0.328 e. The van der Waals surface area contributed by atoms with E-state index in [0.717, 1.165) is 42.5 Å². The summed E-state index contributed by atoms with van der Waals surface area (Å²) < 4.78 is 8.64. The second kappa shape index (κ2) is 8.90. The lowest BCUT2D eigenvalue weighted by molar-refractivity contribution is -0.121. The van der Waals surface area contributed by atoms with E-state index in [-0.39, 0.29) is 17.5 Å². The molecule has 3 heterocycles. The third-order valence-electron chi connectivity index (χ3n) is 6.63. The third-order valence-corrected chi connectivity index (χ3v) is 6.63. The number of anilines is 1. The van der Waals surface area contributed by atoms with E-state index in [4.69, 9.17) is 4.52 Å². The highest BCUT2D eigenvalue weighted by Gasteiger charge is 2.26. The second-order valence-electron chi connectivity index (χ2n) is 9.02. The number of piperidine rings is 1. The Hall–Kier alpha value is -3.72. The molecule has 2 aromatic carbocycles. The summed E-state index contributed by atoms with van der Waals surface area (Å²) in [6.07, 6.45) is 1.52. The molecule has 2 aromatic heterocycles. The molecule has 9 heteroatoms. The molecule has 0 spiro atoms. The average molecular weight is 461 g/mol. The normalized spacial score (nSPS) is 15.1. The van der Waals surface area contributed by atoms with Gasteiger partial charge in [-0.15, -0.1) is 0 Å². The Kier molecular flexibility index (Phi) is 5.79. The highest BCUT2D eigenvalue weighted by molar-refractivity contribution is 5.94. The first-order valence-electron chi connectivity index (χ1n) is 11.5. The maximum absolute atomic E-state index is 12.9. The quantitative estimate of drug-likeness (QED) is 0.492. The van der Waals surface area contributed by atoms with Crippen LogP contribution < -0.4 is 11.0 Å². The fraction of sp³-hybridized carbons (Fsp3) is 0.360. The van der Waals surface area contributed by atoms with Crippen molar-refractivity contribution in [3.8, 4) is 11.4 Å². The first-order chi connectivity index (χ1) is 16.4. The van der Waals surface area contributed by atoms with E-state index in [1.54, 1.807) is 23.2 Å². The molecule has 1 aliphatic heterocycles. The minimum absolute atomic E-state index is 0.0133. The number of aromatic nitrogens is 4. The van der Waals surface area contributed by atoms with Crippen molar-refractivity contribution < 1.29 is 9.32 Å². The fourth-order valence-electron chi connectivity index (χ4n) is 4.51. The van der Waals surface area contributed by atoms with E-state index in [0.29, 0.717) is 23.9 Å². The van der Waals surface area contributed by atoms with Crippen molar-refractivity contribution in [2.24, 2.45) is 20.0 Å². The van der Waals surface area contributed by atoms with Crippen LogP contribution in [0.4, 0.5) is 5.69 Å². The topological polar surface area (TPSA) is 98.2 Å². The number of carbonyl (C=O) groups excluding carboxylic acids is 1. The molecule has 1 amide bonds. The van der Waals surface area contributed by atoms with E-state index in [9.17, 15) is 9.59 Å². The van der Waals surface area contributed by atoms with Crippen molar-refractivity contribution in [2.45, 2.75) is 26.3 Å². The van der Waals surface area contributed by atoms with Gasteiger partial charge in [0.15, 0.2) is 0 Å². The van der Waals surface area contributed by atoms with E-state index >= 15 is 0 Å². The van der Waals surface area contributed by atoms with Gasteiger partial charge in [-0.25, -0.2) is 4.79 Å². The van der Waals surface area contributed by atoms with Crippen molar-refractivity contribution in [1.29, 1.82) is 0 Å². The van der Waals surface area contributed by atoms with Crippen LogP contribution >= 0.6 is 0 Å². The van der Waals surface area contributed by atoms with Crippen molar-refractivity contribution in [3.63, 3.8) is 0 Å². The van der Waals surface area contributed by atoms with E-state index in [1.165, 1.54) is 5.56 Å². The number of fused-ring (bicyclic) bond motifs is 1. The van der Waals surface area contributed by atoms with Crippen molar-refractivity contribution in [2.75, 3.05) is 18.4 Å².